The summed E-state index contributed by atoms with van der Waals surface area (Å²) in [4.78, 5) is 24.8. The number of carbonyl (C=O) groups excluding carboxylic acids is 2. The maximum absolute atomic E-state index is 12.4. The van der Waals surface area contributed by atoms with E-state index < -0.39 is 23.1 Å². The average molecular weight is 278 g/mol. The summed E-state index contributed by atoms with van der Waals surface area (Å²) < 4.78 is 10.4. The van der Waals surface area contributed by atoms with Crippen LogP contribution < -0.4 is 0 Å². The van der Waals surface area contributed by atoms with Crippen molar-refractivity contribution < 1.29 is 23.8 Å². The molecule has 2 rings (SSSR count). The number of carbonyl (C=O) groups is 2. The van der Waals surface area contributed by atoms with Gasteiger partial charge in [-0.15, -0.1) is 0 Å². The van der Waals surface area contributed by atoms with Crippen molar-refractivity contribution in [3.63, 3.8) is 0 Å². The molecule has 0 radical (unpaired) electrons. The minimum Gasteiger partial charge on any atom is -0.504 e. The van der Waals surface area contributed by atoms with Gasteiger partial charge in [-0.05, 0) is 38.0 Å². The molecular weight excluding hydrogens is 260 g/mol. The molecule has 1 heterocycles. The molecule has 1 aromatic rings. The van der Waals surface area contributed by atoms with Gasteiger partial charge < -0.3 is 14.3 Å². The molecule has 0 aliphatic heterocycles. The maximum atomic E-state index is 12.4. The SMILES string of the molecule is CCOC(=O)[C@]1(CC)C(=O)C(O)=C(C)[C@@H]1c1ccco1. The lowest BCUT2D eigenvalue weighted by Gasteiger charge is -2.30. The van der Waals surface area contributed by atoms with Crippen molar-refractivity contribution in [2.24, 2.45) is 5.41 Å². The quantitative estimate of drug-likeness (QED) is 0.677. The summed E-state index contributed by atoms with van der Waals surface area (Å²) in [6.45, 7) is 5.23. The molecule has 108 valence electrons. The van der Waals surface area contributed by atoms with Crippen molar-refractivity contribution in [2.75, 3.05) is 6.61 Å². The Kier molecular flexibility index (Phi) is 3.70. The van der Waals surface area contributed by atoms with Crippen LogP contribution in [0, 0.1) is 5.41 Å². The molecule has 0 fully saturated rings. The number of hydrogen-bond donors (Lipinski definition) is 1. The maximum Gasteiger partial charge on any atom is 0.321 e. The zero-order valence-electron chi connectivity index (χ0n) is 11.8. The highest BCUT2D eigenvalue weighted by atomic mass is 16.5. The summed E-state index contributed by atoms with van der Waals surface area (Å²) >= 11 is 0. The van der Waals surface area contributed by atoms with Gasteiger partial charge in [0.05, 0.1) is 18.8 Å². The van der Waals surface area contributed by atoms with E-state index in [9.17, 15) is 14.7 Å². The van der Waals surface area contributed by atoms with Crippen molar-refractivity contribution in [2.45, 2.75) is 33.1 Å². The minimum absolute atomic E-state index is 0.179. The van der Waals surface area contributed by atoms with E-state index in [1.165, 1.54) is 6.26 Å². The lowest BCUT2D eigenvalue weighted by Crippen LogP contribution is -2.42. The van der Waals surface area contributed by atoms with Gasteiger partial charge in [0.15, 0.2) is 5.76 Å². The van der Waals surface area contributed by atoms with Crippen molar-refractivity contribution in [1.82, 2.24) is 0 Å². The van der Waals surface area contributed by atoms with Gasteiger partial charge in [0.2, 0.25) is 5.78 Å². The second kappa shape index (κ2) is 5.15. The van der Waals surface area contributed by atoms with Crippen LogP contribution in [0.4, 0.5) is 0 Å². The van der Waals surface area contributed by atoms with Crippen LogP contribution >= 0.6 is 0 Å². The Morgan fingerprint density at radius 3 is 2.70 bits per heavy atom. The van der Waals surface area contributed by atoms with Gasteiger partial charge in [-0.2, -0.15) is 0 Å². The van der Waals surface area contributed by atoms with E-state index in [4.69, 9.17) is 9.15 Å². The molecule has 1 N–H and O–H groups in total. The molecule has 5 nitrogen and oxygen atoms in total. The molecule has 0 bridgehead atoms. The Hall–Kier alpha value is -2.04. The molecule has 1 aromatic heterocycles. The fraction of sp³-hybridized carbons (Fsp3) is 0.467. The van der Waals surface area contributed by atoms with Crippen LogP contribution in [0.15, 0.2) is 34.1 Å². The molecule has 0 aromatic carbocycles. The highest BCUT2D eigenvalue weighted by Gasteiger charge is 2.60. The fourth-order valence-electron chi connectivity index (χ4n) is 2.92. The number of ketones is 1. The van der Waals surface area contributed by atoms with E-state index in [1.807, 2.05) is 0 Å². The van der Waals surface area contributed by atoms with E-state index in [0.717, 1.165) is 0 Å². The third-order valence-corrected chi connectivity index (χ3v) is 3.94. The van der Waals surface area contributed by atoms with E-state index >= 15 is 0 Å². The topological polar surface area (TPSA) is 76.7 Å². The average Bonchev–Trinajstić information content (AvgIpc) is 3.01. The van der Waals surface area contributed by atoms with Crippen molar-refractivity contribution >= 4 is 11.8 Å². The molecule has 0 amide bonds. The van der Waals surface area contributed by atoms with Crippen LogP contribution in [-0.4, -0.2) is 23.5 Å². The van der Waals surface area contributed by atoms with E-state index in [1.54, 1.807) is 32.9 Å². The Balaban J connectivity index is 2.59. The third kappa shape index (κ3) is 1.77. The number of allylic oxidation sites excluding steroid dienone is 2. The van der Waals surface area contributed by atoms with Crippen LogP contribution in [0.3, 0.4) is 0 Å². The standard InChI is InChI=1S/C15H18O5/c1-4-15(14(18)19-5-2)11(10-7-6-8-20-10)9(3)12(16)13(15)17/h6-8,11,16H,4-5H2,1-3H3/t11-,15+/m1/s1. The first-order valence-electron chi connectivity index (χ1n) is 6.65. The fourth-order valence-corrected chi connectivity index (χ4v) is 2.92. The number of esters is 1. The largest absolute Gasteiger partial charge is 0.504 e. The first-order valence-corrected chi connectivity index (χ1v) is 6.65. The summed E-state index contributed by atoms with van der Waals surface area (Å²) in [5.41, 5.74) is -0.984. The van der Waals surface area contributed by atoms with Gasteiger partial charge in [-0.25, -0.2) is 0 Å². The number of furan rings is 1. The normalized spacial score (nSPS) is 26.1. The highest BCUT2D eigenvalue weighted by molar-refractivity contribution is 6.15. The van der Waals surface area contributed by atoms with Crippen molar-refractivity contribution in [3.8, 4) is 0 Å². The highest BCUT2D eigenvalue weighted by Crippen LogP contribution is 2.52. The summed E-state index contributed by atoms with van der Waals surface area (Å²) in [6, 6.07) is 3.39. The second-order valence-corrected chi connectivity index (χ2v) is 4.85. The van der Waals surface area contributed by atoms with Gasteiger partial charge in [0.1, 0.15) is 11.2 Å². The smallest absolute Gasteiger partial charge is 0.321 e. The van der Waals surface area contributed by atoms with Crippen LogP contribution in [0.1, 0.15) is 38.9 Å². The molecule has 5 heteroatoms. The van der Waals surface area contributed by atoms with Gasteiger partial charge in [0.25, 0.3) is 0 Å². The predicted molar refractivity (Wildman–Crippen MR) is 71.1 cm³/mol. The van der Waals surface area contributed by atoms with Crippen LogP contribution in [0.2, 0.25) is 0 Å². The molecule has 0 saturated heterocycles. The van der Waals surface area contributed by atoms with Crippen LogP contribution in [0.25, 0.3) is 0 Å². The van der Waals surface area contributed by atoms with Gasteiger partial charge in [-0.3, -0.25) is 9.59 Å². The Morgan fingerprint density at radius 2 is 2.20 bits per heavy atom. The first-order chi connectivity index (χ1) is 9.50. The summed E-state index contributed by atoms with van der Waals surface area (Å²) in [6.07, 6.45) is 1.71. The number of hydrogen-bond acceptors (Lipinski definition) is 5. The Labute approximate surface area is 117 Å². The van der Waals surface area contributed by atoms with Crippen molar-refractivity contribution in [3.05, 3.63) is 35.5 Å². The van der Waals surface area contributed by atoms with Crippen molar-refractivity contribution in [1.29, 1.82) is 0 Å². The molecule has 0 saturated carbocycles. The van der Waals surface area contributed by atoms with Gasteiger partial charge >= 0.3 is 5.97 Å². The zero-order chi connectivity index (χ0) is 14.9. The molecule has 1 aliphatic carbocycles. The van der Waals surface area contributed by atoms with Gasteiger partial charge in [0, 0.05) is 0 Å². The lowest BCUT2D eigenvalue weighted by atomic mass is 9.71. The summed E-state index contributed by atoms with van der Waals surface area (Å²) in [5.74, 6) is -1.69. The molecule has 0 unspecified atom stereocenters. The Morgan fingerprint density at radius 1 is 1.50 bits per heavy atom. The number of aliphatic hydroxyl groups excluding tert-OH is 1. The predicted octanol–water partition coefficient (Wildman–Crippen LogP) is 2.74. The van der Waals surface area contributed by atoms with Crippen LogP contribution in [-0.2, 0) is 14.3 Å². The monoisotopic (exact) mass is 278 g/mol. The third-order valence-electron chi connectivity index (χ3n) is 3.94. The first kappa shape index (κ1) is 14.4. The van der Waals surface area contributed by atoms with E-state index in [0.29, 0.717) is 11.3 Å². The lowest BCUT2D eigenvalue weighted by molar-refractivity contribution is -0.160. The molecule has 0 spiro atoms. The number of aliphatic hydroxyl groups is 1. The van der Waals surface area contributed by atoms with E-state index in [2.05, 4.69) is 0 Å². The second-order valence-electron chi connectivity index (χ2n) is 4.85. The molecular formula is C15H18O5. The number of Topliss-reactive ketones (excluding diaryl/α,β-unsaturated/α-hetero) is 1. The Bertz CT molecular complexity index is 555. The molecule has 1 aliphatic rings. The minimum atomic E-state index is -1.43. The molecule has 20 heavy (non-hydrogen) atoms. The molecule has 2 atom stereocenters. The summed E-state index contributed by atoms with van der Waals surface area (Å²) in [5, 5.41) is 10.00. The summed E-state index contributed by atoms with van der Waals surface area (Å²) in [7, 11) is 0. The number of ether oxygens (including phenoxy) is 1. The van der Waals surface area contributed by atoms with E-state index in [-0.39, 0.29) is 18.8 Å². The van der Waals surface area contributed by atoms with Crippen LogP contribution in [0.5, 0.6) is 0 Å². The van der Waals surface area contributed by atoms with Gasteiger partial charge in [-0.1, -0.05) is 6.92 Å². The zero-order valence-corrected chi connectivity index (χ0v) is 11.8. The number of rotatable bonds is 4.